The zero-order valence-electron chi connectivity index (χ0n) is 17.3. The summed E-state index contributed by atoms with van der Waals surface area (Å²) < 4.78 is 0. The number of rotatable bonds is 5. The van der Waals surface area contributed by atoms with E-state index in [4.69, 9.17) is 0 Å². The normalized spacial score (nSPS) is 20.6. The minimum absolute atomic E-state index is 0.0190. The first-order valence-corrected chi connectivity index (χ1v) is 10.2. The smallest absolute Gasteiger partial charge is 0.319 e. The number of benzene rings is 1. The van der Waals surface area contributed by atoms with E-state index >= 15 is 0 Å². The van der Waals surface area contributed by atoms with Crippen molar-refractivity contribution in [2.75, 3.05) is 53.4 Å². The Labute approximate surface area is 172 Å². The third kappa shape index (κ3) is 5.44. The summed E-state index contributed by atoms with van der Waals surface area (Å²) in [7, 11) is 3.53. The predicted molar refractivity (Wildman–Crippen MR) is 112 cm³/mol. The van der Waals surface area contributed by atoms with E-state index in [2.05, 4.69) is 10.2 Å². The first-order chi connectivity index (χ1) is 14.0. The average molecular weight is 399 g/mol. The molecule has 0 unspecified atom stereocenters. The standard InChI is InChI=1S/C22H30N4O3/c1-24(2)22(29)26-12-10-25(11-13-26)9-8-23-16-19-20(27)14-18(15-21(19)28)17-6-4-3-5-7-17/h3-7,16,18,23H,8-15H2,1-2H3. The fourth-order valence-corrected chi connectivity index (χ4v) is 3.86. The number of hydrogen-bond donors (Lipinski definition) is 1. The first kappa shape index (κ1) is 21.0. The van der Waals surface area contributed by atoms with Gasteiger partial charge in [-0.15, -0.1) is 0 Å². The van der Waals surface area contributed by atoms with E-state index in [0.29, 0.717) is 25.0 Å². The summed E-state index contributed by atoms with van der Waals surface area (Å²) >= 11 is 0. The molecule has 0 aromatic heterocycles. The van der Waals surface area contributed by atoms with Crippen molar-refractivity contribution in [3.63, 3.8) is 0 Å². The third-order valence-corrected chi connectivity index (χ3v) is 5.58. The molecule has 0 bridgehead atoms. The largest absolute Gasteiger partial charge is 0.389 e. The second kappa shape index (κ2) is 9.69. The molecule has 2 amide bonds. The summed E-state index contributed by atoms with van der Waals surface area (Å²) in [6.07, 6.45) is 2.36. The maximum absolute atomic E-state index is 12.5. The summed E-state index contributed by atoms with van der Waals surface area (Å²) in [5.74, 6) is -0.189. The summed E-state index contributed by atoms with van der Waals surface area (Å²) in [4.78, 5) is 42.6. The Kier molecular flexibility index (Phi) is 7.04. The number of carbonyl (C=O) groups is 3. The van der Waals surface area contributed by atoms with E-state index in [9.17, 15) is 14.4 Å². The molecule has 1 saturated heterocycles. The molecule has 7 heteroatoms. The second-order valence-electron chi connectivity index (χ2n) is 7.88. The van der Waals surface area contributed by atoms with Gasteiger partial charge in [-0.1, -0.05) is 30.3 Å². The van der Waals surface area contributed by atoms with Crippen LogP contribution in [0.5, 0.6) is 0 Å². The van der Waals surface area contributed by atoms with E-state index in [0.717, 1.165) is 38.3 Å². The van der Waals surface area contributed by atoms with Gasteiger partial charge in [0.15, 0.2) is 11.6 Å². The molecule has 29 heavy (non-hydrogen) atoms. The van der Waals surface area contributed by atoms with Gasteiger partial charge < -0.3 is 15.1 Å². The summed E-state index contributed by atoms with van der Waals surface area (Å²) in [5, 5.41) is 3.14. The van der Waals surface area contributed by atoms with Crippen LogP contribution in [0.15, 0.2) is 42.1 Å². The van der Waals surface area contributed by atoms with Crippen LogP contribution in [0.2, 0.25) is 0 Å². The fourth-order valence-electron chi connectivity index (χ4n) is 3.86. The van der Waals surface area contributed by atoms with Gasteiger partial charge in [0.1, 0.15) is 0 Å². The molecule has 1 saturated carbocycles. The molecule has 0 radical (unpaired) electrons. The van der Waals surface area contributed by atoms with Crippen molar-refractivity contribution in [3.8, 4) is 0 Å². The Morgan fingerprint density at radius 2 is 1.69 bits per heavy atom. The Morgan fingerprint density at radius 3 is 2.28 bits per heavy atom. The molecule has 1 N–H and O–H groups in total. The Balaban J connectivity index is 1.43. The first-order valence-electron chi connectivity index (χ1n) is 10.2. The molecule has 2 aliphatic rings. The number of amides is 2. The SMILES string of the molecule is CN(C)C(=O)N1CCN(CCNC=C2C(=O)CC(c3ccccc3)CC2=O)CC1. The van der Waals surface area contributed by atoms with Gasteiger partial charge >= 0.3 is 6.03 Å². The van der Waals surface area contributed by atoms with Gasteiger partial charge in [0.25, 0.3) is 0 Å². The van der Waals surface area contributed by atoms with E-state index < -0.39 is 0 Å². The van der Waals surface area contributed by atoms with Gasteiger partial charge in [-0.05, 0) is 11.5 Å². The maximum atomic E-state index is 12.5. The lowest BCUT2D eigenvalue weighted by atomic mass is 9.80. The van der Waals surface area contributed by atoms with Crippen molar-refractivity contribution < 1.29 is 14.4 Å². The van der Waals surface area contributed by atoms with Gasteiger partial charge in [-0.3, -0.25) is 14.5 Å². The van der Waals surface area contributed by atoms with Crippen molar-refractivity contribution in [2.45, 2.75) is 18.8 Å². The molecule has 0 spiro atoms. The van der Waals surface area contributed by atoms with Crippen LogP contribution in [-0.4, -0.2) is 85.7 Å². The van der Waals surface area contributed by atoms with E-state index in [-0.39, 0.29) is 23.5 Å². The summed E-state index contributed by atoms with van der Waals surface area (Å²) in [6, 6.07) is 9.82. The molecule has 2 fully saturated rings. The molecule has 1 aliphatic carbocycles. The highest BCUT2D eigenvalue weighted by Crippen LogP contribution is 2.31. The van der Waals surface area contributed by atoms with Gasteiger partial charge in [0.2, 0.25) is 0 Å². The summed E-state index contributed by atoms with van der Waals surface area (Å²) in [5.41, 5.74) is 1.34. The molecule has 3 rings (SSSR count). The van der Waals surface area contributed by atoms with Crippen LogP contribution < -0.4 is 5.32 Å². The van der Waals surface area contributed by atoms with E-state index in [1.165, 1.54) is 0 Å². The lowest BCUT2D eigenvalue weighted by Crippen LogP contribution is -2.52. The molecule has 1 aromatic carbocycles. The molecular weight excluding hydrogens is 368 g/mol. The highest BCUT2D eigenvalue weighted by atomic mass is 16.2. The van der Waals surface area contributed by atoms with Crippen LogP contribution in [0.25, 0.3) is 0 Å². The second-order valence-corrected chi connectivity index (χ2v) is 7.88. The van der Waals surface area contributed by atoms with Crippen molar-refractivity contribution in [3.05, 3.63) is 47.7 Å². The minimum Gasteiger partial charge on any atom is -0.389 e. The number of allylic oxidation sites excluding steroid dienone is 1. The average Bonchev–Trinajstić information content (AvgIpc) is 2.73. The van der Waals surface area contributed by atoms with Gasteiger partial charge in [-0.2, -0.15) is 0 Å². The van der Waals surface area contributed by atoms with Crippen LogP contribution in [0.3, 0.4) is 0 Å². The highest BCUT2D eigenvalue weighted by molar-refractivity contribution is 6.22. The van der Waals surface area contributed by atoms with E-state index in [1.54, 1.807) is 25.2 Å². The molecule has 156 valence electrons. The maximum Gasteiger partial charge on any atom is 0.319 e. The molecule has 1 aromatic rings. The van der Waals surface area contributed by atoms with Crippen molar-refractivity contribution >= 4 is 17.6 Å². The number of piperazine rings is 1. The zero-order chi connectivity index (χ0) is 20.8. The number of nitrogens with zero attached hydrogens (tertiary/aromatic N) is 3. The Hall–Kier alpha value is -2.67. The Bertz CT molecular complexity index is 748. The number of carbonyl (C=O) groups excluding carboxylic acids is 3. The fraction of sp³-hybridized carbons (Fsp3) is 0.500. The van der Waals surface area contributed by atoms with Crippen LogP contribution >= 0.6 is 0 Å². The quantitative estimate of drug-likeness (QED) is 0.462. The topological polar surface area (TPSA) is 73.0 Å². The van der Waals surface area contributed by atoms with Gasteiger partial charge in [0.05, 0.1) is 5.57 Å². The van der Waals surface area contributed by atoms with Crippen LogP contribution in [0, 0.1) is 0 Å². The predicted octanol–water partition coefficient (Wildman–Crippen LogP) is 1.47. The number of urea groups is 1. The van der Waals surface area contributed by atoms with Crippen LogP contribution in [0.4, 0.5) is 4.79 Å². The molecule has 1 aliphatic heterocycles. The van der Waals surface area contributed by atoms with Crippen LogP contribution in [0.1, 0.15) is 24.3 Å². The van der Waals surface area contributed by atoms with Gasteiger partial charge in [-0.25, -0.2) is 4.79 Å². The zero-order valence-corrected chi connectivity index (χ0v) is 17.3. The monoisotopic (exact) mass is 398 g/mol. The number of ketones is 2. The lowest BCUT2D eigenvalue weighted by molar-refractivity contribution is -0.124. The summed E-state index contributed by atoms with van der Waals surface area (Å²) in [6.45, 7) is 4.56. The number of Topliss-reactive ketones (excluding diaryl/α,β-unsaturated/α-hetero) is 2. The number of nitrogens with one attached hydrogen (secondary N) is 1. The molecule has 0 atom stereocenters. The minimum atomic E-state index is -0.0848. The van der Waals surface area contributed by atoms with E-state index in [1.807, 2.05) is 35.2 Å². The lowest BCUT2D eigenvalue weighted by Gasteiger charge is -2.35. The van der Waals surface area contributed by atoms with Crippen molar-refractivity contribution in [1.29, 1.82) is 0 Å². The number of hydrogen-bond acceptors (Lipinski definition) is 5. The molecule has 7 nitrogen and oxygen atoms in total. The highest BCUT2D eigenvalue weighted by Gasteiger charge is 2.31. The third-order valence-electron chi connectivity index (χ3n) is 5.58. The van der Waals surface area contributed by atoms with Crippen molar-refractivity contribution in [1.82, 2.24) is 20.0 Å². The van der Waals surface area contributed by atoms with Crippen LogP contribution in [-0.2, 0) is 9.59 Å². The molecule has 1 heterocycles. The van der Waals surface area contributed by atoms with Crippen molar-refractivity contribution in [2.24, 2.45) is 0 Å². The molecular formula is C22H30N4O3. The van der Waals surface area contributed by atoms with Gasteiger partial charge in [0, 0.05) is 72.4 Å². The Morgan fingerprint density at radius 1 is 1.07 bits per heavy atom.